The third kappa shape index (κ3) is 8.05. The Morgan fingerprint density at radius 3 is 2.51 bits per heavy atom. The van der Waals surface area contributed by atoms with Gasteiger partial charge in [-0.15, -0.1) is 0 Å². The highest BCUT2D eigenvalue weighted by atomic mass is 16.5. The standard InChI is InChI=1S/C33H44N6O6/c1-19(2)28-29(41)35-26(18-27(40)38(6)7)30(42)39-16-8-9-24(37-39)31(43)45-20(3)23-13-12-22-11-10-21(17-25(22)34-23)14-15-33(4,5)32(44)36-28/h10-15,17,19-20,24,26,28,37H,8-9,16,18H2,1-7H3,(H,35,41)(H,36,44)/t20-,24?,26+,28+/m1/s1. The summed E-state index contributed by atoms with van der Waals surface area (Å²) in [6.45, 7) is 9.07. The predicted octanol–water partition coefficient (Wildman–Crippen LogP) is 2.49. The summed E-state index contributed by atoms with van der Waals surface area (Å²) < 4.78 is 5.78. The molecule has 1 fully saturated rings. The summed E-state index contributed by atoms with van der Waals surface area (Å²) in [6, 6.07) is 6.43. The third-order valence-electron chi connectivity index (χ3n) is 8.19. The van der Waals surface area contributed by atoms with Gasteiger partial charge in [-0.2, -0.15) is 0 Å². The fraction of sp³-hybridized carbons (Fsp3) is 0.515. The van der Waals surface area contributed by atoms with Crippen LogP contribution in [0.2, 0.25) is 0 Å². The zero-order valence-corrected chi connectivity index (χ0v) is 27.0. The molecule has 1 aromatic heterocycles. The maximum Gasteiger partial charge on any atom is 0.325 e. The Bertz CT molecular complexity index is 1500. The van der Waals surface area contributed by atoms with E-state index in [0.29, 0.717) is 24.1 Å². The van der Waals surface area contributed by atoms with E-state index in [1.807, 2.05) is 36.4 Å². The maximum atomic E-state index is 13.8. The van der Waals surface area contributed by atoms with Gasteiger partial charge in [0.15, 0.2) is 0 Å². The van der Waals surface area contributed by atoms with Gasteiger partial charge in [0.2, 0.25) is 17.7 Å². The molecule has 242 valence electrons. The summed E-state index contributed by atoms with van der Waals surface area (Å²) in [6.07, 6.45) is 3.55. The summed E-state index contributed by atoms with van der Waals surface area (Å²) in [5.74, 6) is -2.78. The van der Waals surface area contributed by atoms with Crippen LogP contribution < -0.4 is 16.1 Å². The Morgan fingerprint density at radius 2 is 1.82 bits per heavy atom. The molecule has 5 bridgehead atoms. The molecule has 2 aromatic rings. The second-order valence-electron chi connectivity index (χ2n) is 12.9. The van der Waals surface area contributed by atoms with E-state index in [4.69, 9.17) is 9.72 Å². The Balaban J connectivity index is 1.74. The van der Waals surface area contributed by atoms with Crippen LogP contribution >= 0.6 is 0 Å². The normalized spacial score (nSPS) is 24.7. The molecule has 1 aromatic carbocycles. The number of fused-ring (bicyclic) bond motifs is 4. The van der Waals surface area contributed by atoms with Gasteiger partial charge in [-0.3, -0.25) is 29.0 Å². The summed E-state index contributed by atoms with van der Waals surface area (Å²) in [5.41, 5.74) is 4.04. The molecule has 2 aliphatic heterocycles. The van der Waals surface area contributed by atoms with Crippen molar-refractivity contribution in [2.24, 2.45) is 11.3 Å². The minimum atomic E-state index is -1.24. The van der Waals surface area contributed by atoms with E-state index in [0.717, 1.165) is 10.9 Å². The number of benzene rings is 1. The van der Waals surface area contributed by atoms with Gasteiger partial charge in [0, 0.05) is 26.0 Å². The monoisotopic (exact) mass is 620 g/mol. The van der Waals surface area contributed by atoms with E-state index in [1.54, 1.807) is 54.8 Å². The number of nitrogens with one attached hydrogen (secondary N) is 3. The minimum Gasteiger partial charge on any atom is -0.455 e. The number of hydrogen-bond acceptors (Lipinski definition) is 8. The number of esters is 1. The first-order chi connectivity index (χ1) is 21.2. The van der Waals surface area contributed by atoms with Gasteiger partial charge in [-0.05, 0) is 57.2 Å². The average molecular weight is 621 g/mol. The van der Waals surface area contributed by atoms with Crippen molar-refractivity contribution < 1.29 is 28.7 Å². The fourth-order valence-corrected chi connectivity index (χ4v) is 5.16. The lowest BCUT2D eigenvalue weighted by molar-refractivity contribution is -0.157. The van der Waals surface area contributed by atoms with Crippen molar-refractivity contribution in [3.05, 3.63) is 47.7 Å². The lowest BCUT2D eigenvalue weighted by Crippen LogP contribution is -2.62. The van der Waals surface area contributed by atoms with E-state index in [2.05, 4.69) is 16.1 Å². The summed E-state index contributed by atoms with van der Waals surface area (Å²) in [5, 5.41) is 7.74. The summed E-state index contributed by atoms with van der Waals surface area (Å²) >= 11 is 0. The molecule has 0 spiro atoms. The molecule has 12 nitrogen and oxygen atoms in total. The Morgan fingerprint density at radius 1 is 1.11 bits per heavy atom. The highest BCUT2D eigenvalue weighted by molar-refractivity contribution is 5.96. The number of rotatable bonds is 3. The van der Waals surface area contributed by atoms with Gasteiger partial charge >= 0.3 is 5.97 Å². The summed E-state index contributed by atoms with van der Waals surface area (Å²) in [7, 11) is 3.12. The number of carbonyl (C=O) groups excluding carboxylic acids is 5. The van der Waals surface area contributed by atoms with E-state index in [-0.39, 0.29) is 30.7 Å². The first-order valence-corrected chi connectivity index (χ1v) is 15.4. The number of hydrazine groups is 1. The van der Waals surface area contributed by atoms with Crippen LogP contribution in [0.4, 0.5) is 0 Å². The van der Waals surface area contributed by atoms with Crippen molar-refractivity contribution in [2.45, 2.75) is 78.1 Å². The molecule has 2 aliphatic rings. The molecule has 3 heterocycles. The highest BCUT2D eigenvalue weighted by Crippen LogP contribution is 2.25. The molecular formula is C33H44N6O6. The zero-order chi connectivity index (χ0) is 33.1. The van der Waals surface area contributed by atoms with Gasteiger partial charge in [0.25, 0.3) is 5.91 Å². The third-order valence-corrected chi connectivity index (χ3v) is 8.19. The fourth-order valence-electron chi connectivity index (χ4n) is 5.16. The minimum absolute atomic E-state index is 0.264. The van der Waals surface area contributed by atoms with Crippen LogP contribution in [-0.4, -0.2) is 83.3 Å². The number of carbonyl (C=O) groups is 5. The van der Waals surface area contributed by atoms with E-state index in [1.165, 1.54) is 9.91 Å². The molecule has 0 saturated carbocycles. The van der Waals surface area contributed by atoms with Crippen molar-refractivity contribution in [2.75, 3.05) is 20.6 Å². The van der Waals surface area contributed by atoms with Crippen molar-refractivity contribution in [3.8, 4) is 0 Å². The largest absolute Gasteiger partial charge is 0.455 e. The molecule has 45 heavy (non-hydrogen) atoms. The molecule has 1 unspecified atom stereocenters. The number of nitrogens with zero attached hydrogens (tertiary/aromatic N) is 3. The molecule has 4 atom stereocenters. The van der Waals surface area contributed by atoms with Crippen LogP contribution in [-0.2, 0) is 28.7 Å². The van der Waals surface area contributed by atoms with Gasteiger partial charge in [-0.25, -0.2) is 10.4 Å². The molecule has 3 N–H and O–H groups in total. The second-order valence-corrected chi connectivity index (χ2v) is 12.9. The highest BCUT2D eigenvalue weighted by Gasteiger charge is 2.37. The first-order valence-electron chi connectivity index (χ1n) is 15.4. The van der Waals surface area contributed by atoms with Crippen LogP contribution in [0.5, 0.6) is 0 Å². The van der Waals surface area contributed by atoms with Gasteiger partial charge in [0.1, 0.15) is 24.2 Å². The molecule has 1 saturated heterocycles. The van der Waals surface area contributed by atoms with Crippen molar-refractivity contribution in [1.82, 2.24) is 31.0 Å². The SMILES string of the molecule is CC(C)[C@@H]1NC(=O)C(C)(C)C=Cc2ccc3ccc(nc3c2)[C@@H](C)OC(=O)C2CCCN(N2)C(=O)[C@H](CC(=O)N(C)C)NC1=O. The quantitative estimate of drug-likeness (QED) is 0.443. The van der Waals surface area contributed by atoms with E-state index < -0.39 is 47.4 Å². The molecule has 0 aliphatic carbocycles. The first kappa shape index (κ1) is 33.6. The Kier molecular flexibility index (Phi) is 10.3. The summed E-state index contributed by atoms with van der Waals surface area (Å²) in [4.78, 5) is 73.0. The smallest absolute Gasteiger partial charge is 0.325 e. The van der Waals surface area contributed by atoms with E-state index >= 15 is 0 Å². The van der Waals surface area contributed by atoms with Gasteiger partial charge in [-0.1, -0.05) is 44.2 Å². The van der Waals surface area contributed by atoms with Crippen LogP contribution in [0.25, 0.3) is 17.0 Å². The van der Waals surface area contributed by atoms with E-state index in [9.17, 15) is 24.0 Å². The second kappa shape index (κ2) is 13.8. The number of amides is 4. The average Bonchev–Trinajstić information content (AvgIpc) is 3.00. The van der Waals surface area contributed by atoms with Gasteiger partial charge < -0.3 is 20.3 Å². The number of hydrogen-bond donors (Lipinski definition) is 3. The lowest BCUT2D eigenvalue weighted by atomic mass is 9.89. The van der Waals surface area contributed by atoms with Gasteiger partial charge in [0.05, 0.1) is 23.0 Å². The maximum absolute atomic E-state index is 13.8. The van der Waals surface area contributed by atoms with Crippen molar-refractivity contribution in [1.29, 1.82) is 0 Å². The Hall–Kier alpha value is -4.32. The molecule has 4 rings (SSSR count). The predicted molar refractivity (Wildman–Crippen MR) is 169 cm³/mol. The molecular weight excluding hydrogens is 576 g/mol. The lowest BCUT2D eigenvalue weighted by Gasteiger charge is -2.36. The molecule has 12 heteroatoms. The van der Waals surface area contributed by atoms with Crippen LogP contribution in [0.3, 0.4) is 0 Å². The Labute approximate surface area is 263 Å². The van der Waals surface area contributed by atoms with Crippen molar-refractivity contribution in [3.63, 3.8) is 0 Å². The number of ether oxygens (including phenoxy) is 1. The van der Waals surface area contributed by atoms with Crippen LogP contribution in [0.1, 0.15) is 71.2 Å². The molecule has 0 radical (unpaired) electrons. The van der Waals surface area contributed by atoms with Crippen LogP contribution in [0, 0.1) is 11.3 Å². The number of cyclic esters (lactones) is 1. The molecule has 4 amide bonds. The van der Waals surface area contributed by atoms with Crippen LogP contribution in [0.15, 0.2) is 36.4 Å². The number of pyridine rings is 1. The number of aromatic nitrogens is 1. The topological polar surface area (TPSA) is 150 Å². The zero-order valence-electron chi connectivity index (χ0n) is 27.0. The van der Waals surface area contributed by atoms with Crippen molar-refractivity contribution >= 4 is 46.6 Å².